The van der Waals surface area contributed by atoms with Gasteiger partial charge in [-0.1, -0.05) is 18.5 Å². The number of thiophene rings is 1. The SMILES string of the molecule is CCCOc1ccc(Cl)cc1NC(=O)c1cc(C)c(Br)s1. The zero-order valence-electron chi connectivity index (χ0n) is 11.7. The third kappa shape index (κ3) is 4.22. The Morgan fingerprint density at radius 1 is 1.43 bits per heavy atom. The van der Waals surface area contributed by atoms with Crippen molar-refractivity contribution in [2.75, 3.05) is 11.9 Å². The Balaban J connectivity index is 2.21. The van der Waals surface area contributed by atoms with Crippen LogP contribution in [0.25, 0.3) is 0 Å². The van der Waals surface area contributed by atoms with Crippen LogP contribution >= 0.6 is 38.9 Å². The van der Waals surface area contributed by atoms with Crippen molar-refractivity contribution in [3.8, 4) is 5.75 Å². The summed E-state index contributed by atoms with van der Waals surface area (Å²) in [6, 6.07) is 7.05. The van der Waals surface area contributed by atoms with Gasteiger partial charge in [0.2, 0.25) is 0 Å². The summed E-state index contributed by atoms with van der Waals surface area (Å²) in [5.74, 6) is 0.458. The van der Waals surface area contributed by atoms with E-state index in [1.165, 1.54) is 11.3 Å². The highest BCUT2D eigenvalue weighted by molar-refractivity contribution is 9.11. The average Bonchev–Trinajstić information content (AvgIpc) is 2.78. The molecule has 21 heavy (non-hydrogen) atoms. The van der Waals surface area contributed by atoms with E-state index in [2.05, 4.69) is 21.2 Å². The van der Waals surface area contributed by atoms with Gasteiger partial charge in [-0.25, -0.2) is 0 Å². The van der Waals surface area contributed by atoms with E-state index in [1.54, 1.807) is 18.2 Å². The Bertz CT molecular complexity index is 638. The third-order valence-corrected chi connectivity index (χ3v) is 5.10. The van der Waals surface area contributed by atoms with Gasteiger partial charge in [0.25, 0.3) is 5.91 Å². The molecule has 0 atom stereocenters. The number of anilines is 1. The number of rotatable bonds is 5. The van der Waals surface area contributed by atoms with Crippen LogP contribution in [0.15, 0.2) is 28.1 Å². The molecule has 0 bridgehead atoms. The summed E-state index contributed by atoms with van der Waals surface area (Å²) in [6.07, 6.45) is 0.896. The van der Waals surface area contributed by atoms with E-state index in [9.17, 15) is 4.79 Å². The van der Waals surface area contributed by atoms with Crippen LogP contribution in [0.3, 0.4) is 0 Å². The molecule has 2 aromatic rings. The summed E-state index contributed by atoms with van der Waals surface area (Å²) in [5.41, 5.74) is 1.63. The van der Waals surface area contributed by atoms with Gasteiger partial charge in [-0.2, -0.15) is 0 Å². The lowest BCUT2D eigenvalue weighted by molar-refractivity contribution is 0.103. The smallest absolute Gasteiger partial charge is 0.265 e. The zero-order chi connectivity index (χ0) is 15.4. The molecule has 0 aliphatic heterocycles. The lowest BCUT2D eigenvalue weighted by Crippen LogP contribution is -2.11. The molecule has 0 saturated heterocycles. The summed E-state index contributed by atoms with van der Waals surface area (Å²) in [7, 11) is 0. The van der Waals surface area contributed by atoms with Crippen LogP contribution in [0.5, 0.6) is 5.75 Å². The van der Waals surface area contributed by atoms with E-state index in [0.717, 1.165) is 15.8 Å². The molecule has 1 aromatic heterocycles. The van der Waals surface area contributed by atoms with E-state index < -0.39 is 0 Å². The monoisotopic (exact) mass is 387 g/mol. The summed E-state index contributed by atoms with van der Waals surface area (Å²) in [4.78, 5) is 12.9. The minimum Gasteiger partial charge on any atom is -0.491 e. The Morgan fingerprint density at radius 3 is 2.81 bits per heavy atom. The molecule has 3 nitrogen and oxygen atoms in total. The summed E-state index contributed by atoms with van der Waals surface area (Å²) < 4.78 is 6.59. The number of amides is 1. The molecular formula is C15H15BrClNO2S. The second-order valence-corrected chi connectivity index (χ2v) is 7.32. The van der Waals surface area contributed by atoms with Gasteiger partial charge in [-0.15, -0.1) is 11.3 Å². The number of nitrogens with one attached hydrogen (secondary N) is 1. The van der Waals surface area contributed by atoms with Gasteiger partial charge in [0, 0.05) is 5.02 Å². The van der Waals surface area contributed by atoms with Crippen molar-refractivity contribution in [3.63, 3.8) is 0 Å². The number of benzene rings is 1. The van der Waals surface area contributed by atoms with Crippen LogP contribution in [0.1, 0.15) is 28.6 Å². The van der Waals surface area contributed by atoms with Crippen molar-refractivity contribution in [2.45, 2.75) is 20.3 Å². The van der Waals surface area contributed by atoms with Crippen LogP contribution < -0.4 is 10.1 Å². The largest absolute Gasteiger partial charge is 0.491 e. The fraction of sp³-hybridized carbons (Fsp3) is 0.267. The minimum absolute atomic E-state index is 0.169. The van der Waals surface area contributed by atoms with Crippen molar-refractivity contribution in [1.82, 2.24) is 0 Å². The third-order valence-electron chi connectivity index (χ3n) is 2.73. The van der Waals surface area contributed by atoms with Gasteiger partial charge in [0.1, 0.15) is 5.75 Å². The van der Waals surface area contributed by atoms with Crippen molar-refractivity contribution in [1.29, 1.82) is 0 Å². The Morgan fingerprint density at radius 2 is 2.19 bits per heavy atom. The molecule has 0 spiro atoms. The first-order chi connectivity index (χ1) is 10.0. The van der Waals surface area contributed by atoms with E-state index in [-0.39, 0.29) is 5.91 Å². The molecule has 0 radical (unpaired) electrons. The Kier molecular flexibility index (Phi) is 5.67. The summed E-state index contributed by atoms with van der Waals surface area (Å²) >= 11 is 10.8. The Hall–Kier alpha value is -1.04. The van der Waals surface area contributed by atoms with Crippen molar-refractivity contribution in [3.05, 3.63) is 43.5 Å². The highest BCUT2D eigenvalue weighted by atomic mass is 79.9. The number of halogens is 2. The number of hydrogen-bond acceptors (Lipinski definition) is 3. The van der Waals surface area contributed by atoms with E-state index in [4.69, 9.17) is 16.3 Å². The average molecular weight is 389 g/mol. The minimum atomic E-state index is -0.169. The van der Waals surface area contributed by atoms with Crippen LogP contribution in [0.4, 0.5) is 5.69 Å². The molecule has 0 aliphatic rings. The maximum Gasteiger partial charge on any atom is 0.265 e. The second kappa shape index (κ2) is 7.29. The van der Waals surface area contributed by atoms with Crippen molar-refractivity contribution >= 4 is 50.5 Å². The highest BCUT2D eigenvalue weighted by Crippen LogP contribution is 2.31. The lowest BCUT2D eigenvalue weighted by atomic mass is 10.2. The summed E-state index contributed by atoms with van der Waals surface area (Å²) in [5, 5.41) is 3.41. The van der Waals surface area contributed by atoms with Gasteiger partial charge >= 0.3 is 0 Å². The topological polar surface area (TPSA) is 38.3 Å². The van der Waals surface area contributed by atoms with Gasteiger partial charge in [-0.3, -0.25) is 4.79 Å². The molecule has 6 heteroatoms. The molecule has 0 saturated carbocycles. The molecular weight excluding hydrogens is 374 g/mol. The number of carbonyl (C=O) groups excluding carboxylic acids is 1. The van der Waals surface area contributed by atoms with Crippen LogP contribution in [0.2, 0.25) is 5.02 Å². The predicted molar refractivity (Wildman–Crippen MR) is 91.9 cm³/mol. The van der Waals surface area contributed by atoms with Crippen LogP contribution in [-0.4, -0.2) is 12.5 Å². The molecule has 0 unspecified atom stereocenters. The van der Waals surface area contributed by atoms with Gasteiger partial charge < -0.3 is 10.1 Å². The number of ether oxygens (including phenoxy) is 1. The highest BCUT2D eigenvalue weighted by Gasteiger charge is 2.14. The molecule has 2 rings (SSSR count). The summed E-state index contributed by atoms with van der Waals surface area (Å²) in [6.45, 7) is 4.57. The fourth-order valence-corrected chi connectivity index (χ4v) is 3.30. The lowest BCUT2D eigenvalue weighted by Gasteiger charge is -2.12. The second-order valence-electron chi connectivity index (χ2n) is 4.51. The van der Waals surface area contributed by atoms with Gasteiger partial charge in [-0.05, 0) is 59.1 Å². The van der Waals surface area contributed by atoms with Crippen molar-refractivity contribution < 1.29 is 9.53 Å². The van der Waals surface area contributed by atoms with Crippen molar-refractivity contribution in [2.24, 2.45) is 0 Å². The fourth-order valence-electron chi connectivity index (χ4n) is 1.69. The molecule has 112 valence electrons. The quantitative estimate of drug-likeness (QED) is 0.733. The maximum absolute atomic E-state index is 12.3. The normalized spacial score (nSPS) is 10.5. The molecule has 0 fully saturated rings. The molecule has 1 aromatic carbocycles. The maximum atomic E-state index is 12.3. The Labute approximate surface area is 141 Å². The van der Waals surface area contributed by atoms with Crippen LogP contribution in [0, 0.1) is 6.92 Å². The van der Waals surface area contributed by atoms with E-state index in [0.29, 0.717) is 27.9 Å². The first kappa shape index (κ1) is 16.3. The number of carbonyl (C=O) groups is 1. The molecule has 0 aliphatic carbocycles. The number of hydrogen-bond donors (Lipinski definition) is 1. The van der Waals surface area contributed by atoms with Gasteiger partial charge in [0.15, 0.2) is 0 Å². The standard InChI is InChI=1S/C15H15BrClNO2S/c1-3-6-20-12-5-4-10(17)8-11(12)18-15(19)13-7-9(2)14(16)21-13/h4-5,7-8H,3,6H2,1-2H3,(H,18,19). The first-order valence-corrected chi connectivity index (χ1v) is 8.49. The van der Waals surface area contributed by atoms with E-state index >= 15 is 0 Å². The molecule has 1 N–H and O–H groups in total. The number of aryl methyl sites for hydroxylation is 1. The van der Waals surface area contributed by atoms with E-state index in [1.807, 2.05) is 19.9 Å². The predicted octanol–water partition coefficient (Wildman–Crippen LogP) is 5.51. The van der Waals surface area contributed by atoms with Crippen LogP contribution in [-0.2, 0) is 0 Å². The zero-order valence-corrected chi connectivity index (χ0v) is 14.9. The first-order valence-electron chi connectivity index (χ1n) is 6.51. The van der Waals surface area contributed by atoms with Gasteiger partial charge in [0.05, 0.1) is 21.0 Å². The molecule has 1 heterocycles. The molecule has 1 amide bonds.